The zero-order chi connectivity index (χ0) is 44.3. The first-order chi connectivity index (χ1) is 30.8. The van der Waals surface area contributed by atoms with Crippen LogP contribution in [0.4, 0.5) is 4.79 Å². The van der Waals surface area contributed by atoms with Crippen LogP contribution in [0.2, 0.25) is 0 Å². The van der Waals surface area contributed by atoms with Crippen molar-refractivity contribution in [3.63, 3.8) is 0 Å². The first kappa shape index (κ1) is 45.3. The molecule has 2 aliphatic carbocycles. The summed E-state index contributed by atoms with van der Waals surface area (Å²) in [7, 11) is 1.52. The van der Waals surface area contributed by atoms with Crippen LogP contribution in [-0.4, -0.2) is 85.2 Å². The van der Waals surface area contributed by atoms with Crippen LogP contribution < -0.4 is 14.2 Å². The molecule has 3 aliphatic rings. The maximum Gasteiger partial charge on any atom is 0.410 e. The van der Waals surface area contributed by atoms with E-state index < -0.39 is 23.8 Å². The van der Waals surface area contributed by atoms with Crippen molar-refractivity contribution in [3.8, 4) is 23.0 Å². The summed E-state index contributed by atoms with van der Waals surface area (Å²) in [6.07, 6.45) is 8.94. The van der Waals surface area contributed by atoms with E-state index in [9.17, 15) is 19.8 Å². The molecule has 0 bridgehead atoms. The molecule has 4 aromatic rings. The highest BCUT2D eigenvalue weighted by molar-refractivity contribution is 6.03. The number of nitrogens with zero attached hydrogens (tertiary/aromatic N) is 2. The minimum absolute atomic E-state index is 0.0115. The largest absolute Gasteiger partial charge is 0.496 e. The van der Waals surface area contributed by atoms with E-state index in [0.717, 1.165) is 59.4 Å². The van der Waals surface area contributed by atoms with Gasteiger partial charge in [-0.15, -0.1) is 6.58 Å². The van der Waals surface area contributed by atoms with E-state index in [1.165, 1.54) is 7.11 Å². The number of aliphatic hydroxyl groups is 2. The number of amides is 1. The molecule has 2 N–H and O–H groups in total. The second kappa shape index (κ2) is 21.1. The molecule has 12 nitrogen and oxygen atoms in total. The van der Waals surface area contributed by atoms with Gasteiger partial charge in [-0.05, 0) is 110 Å². The zero-order valence-corrected chi connectivity index (χ0v) is 36.6. The number of ether oxygens (including phenoxy) is 5. The first-order valence-electron chi connectivity index (χ1n) is 22.3. The van der Waals surface area contributed by atoms with Gasteiger partial charge in [0.05, 0.1) is 44.1 Å². The van der Waals surface area contributed by atoms with E-state index >= 15 is 0 Å². The third-order valence-electron chi connectivity index (χ3n) is 12.6. The molecule has 63 heavy (non-hydrogen) atoms. The molecule has 0 radical (unpaired) electrons. The number of carbonyl (C=O) groups is 2. The highest BCUT2D eigenvalue weighted by atomic mass is 16.7. The summed E-state index contributed by atoms with van der Waals surface area (Å²) in [5.41, 5.74) is 3.82. The van der Waals surface area contributed by atoms with Crippen molar-refractivity contribution in [1.82, 2.24) is 4.90 Å². The summed E-state index contributed by atoms with van der Waals surface area (Å²) in [5, 5.41) is 26.8. The fourth-order valence-electron chi connectivity index (χ4n) is 9.98. The van der Waals surface area contributed by atoms with E-state index in [1.54, 1.807) is 36.1 Å². The minimum atomic E-state index is -1.47. The Morgan fingerprint density at radius 1 is 0.952 bits per heavy atom. The molecule has 12 heteroatoms. The van der Waals surface area contributed by atoms with Crippen molar-refractivity contribution < 1.29 is 48.3 Å². The molecule has 0 spiro atoms. The predicted molar refractivity (Wildman–Crippen MR) is 242 cm³/mol. The van der Waals surface area contributed by atoms with Gasteiger partial charge in [0.15, 0.2) is 6.29 Å². The highest BCUT2D eigenvalue weighted by Gasteiger charge is 2.65. The number of methoxy groups -OCH3 is 1. The summed E-state index contributed by atoms with van der Waals surface area (Å²) >= 11 is 0. The van der Waals surface area contributed by atoms with Crippen molar-refractivity contribution in [3.05, 3.63) is 120 Å². The highest BCUT2D eigenvalue weighted by Crippen LogP contribution is 2.62. The van der Waals surface area contributed by atoms with Crippen LogP contribution in [0, 0.1) is 17.8 Å². The number of benzene rings is 4. The Hall–Kier alpha value is -5.69. The molecule has 0 saturated heterocycles. The molecule has 0 aromatic heterocycles. The van der Waals surface area contributed by atoms with Gasteiger partial charge in [-0.2, -0.15) is 0 Å². The number of carbonyl (C=O) groups excluding carboxylic acids is 2. The van der Waals surface area contributed by atoms with E-state index in [2.05, 4.69) is 30.9 Å². The summed E-state index contributed by atoms with van der Waals surface area (Å²) in [6, 6.07) is 24.3. The molecule has 0 unspecified atom stereocenters. The Bertz CT molecular complexity index is 2290. The molecule has 334 valence electrons. The lowest BCUT2D eigenvalue weighted by atomic mass is 9.55. The molecular weight excluding hydrogens is 801 g/mol. The summed E-state index contributed by atoms with van der Waals surface area (Å²) < 4.78 is 32.3. The molecule has 1 fully saturated rings. The Morgan fingerprint density at radius 2 is 1.71 bits per heavy atom. The number of fused-ring (bicyclic) bond motifs is 3. The number of aliphatic hydroxyl groups excluding tert-OH is 2. The second-order valence-corrected chi connectivity index (χ2v) is 16.3. The van der Waals surface area contributed by atoms with Gasteiger partial charge in [0, 0.05) is 31.1 Å². The van der Waals surface area contributed by atoms with Gasteiger partial charge in [-0.1, -0.05) is 72.6 Å². The molecule has 7 rings (SSSR count). The van der Waals surface area contributed by atoms with Gasteiger partial charge in [0.25, 0.3) is 0 Å². The predicted octanol–water partition coefficient (Wildman–Crippen LogP) is 9.77. The molecule has 1 amide bonds. The fourth-order valence-corrected chi connectivity index (χ4v) is 9.98. The minimum Gasteiger partial charge on any atom is -0.496 e. The van der Waals surface area contributed by atoms with Crippen molar-refractivity contribution in [2.24, 2.45) is 22.9 Å². The van der Waals surface area contributed by atoms with E-state index in [0.29, 0.717) is 53.7 Å². The number of unbranched alkanes of at least 4 members (excludes halogenated alkanes) is 2. The van der Waals surface area contributed by atoms with Crippen molar-refractivity contribution in [2.75, 3.05) is 40.1 Å². The molecule has 4 aromatic carbocycles. The number of oxime groups is 1. The maximum atomic E-state index is 14.6. The average Bonchev–Trinajstić information content (AvgIpc) is 3.30. The SMILES string of the molecule is C=CCO[C@@]12Oc3ccc(Oc4ccc(OC)c(C=O)c4)cc3[C@H]3[C@H](CCCCO)[C@@H](CCCCO)C=C(C(=NOCC)C[C@@H]1N(Cc1cccc4ccccc14)C(=O)OCC)[C@H]32. The van der Waals surface area contributed by atoms with Crippen molar-refractivity contribution >= 4 is 28.9 Å². The van der Waals surface area contributed by atoms with E-state index in [-0.39, 0.29) is 57.1 Å². The third kappa shape index (κ3) is 9.49. The van der Waals surface area contributed by atoms with Gasteiger partial charge in [-0.25, -0.2) is 4.79 Å². The normalized spacial score (nSPS) is 22.8. The Balaban J connectivity index is 1.46. The average molecular weight is 861 g/mol. The lowest BCUT2D eigenvalue weighted by Crippen LogP contribution is -2.70. The smallest absolute Gasteiger partial charge is 0.410 e. The number of hydrogen-bond acceptors (Lipinski definition) is 11. The topological polar surface area (TPSA) is 146 Å². The molecule has 6 atom stereocenters. The van der Waals surface area contributed by atoms with Crippen LogP contribution in [0.25, 0.3) is 10.8 Å². The van der Waals surface area contributed by atoms with Crippen LogP contribution in [-0.2, 0) is 20.9 Å². The number of aldehydes is 1. The molecule has 1 saturated carbocycles. The zero-order valence-electron chi connectivity index (χ0n) is 36.6. The summed E-state index contributed by atoms with van der Waals surface area (Å²) in [6.45, 7) is 8.72. The standard InChI is InChI=1S/C51H60N2O10/c1-5-27-60-51-47(53(50(57)59-6-2)32-36-18-14-17-34-15-8-9-19-40(34)36)31-44(52-61-7-3)42-29-35(16-10-12-25-54)41(20-11-13-26-55)48(49(42)51)43-30-39(22-24-46(43)63-51)62-38-21-23-45(58-4)37(28-38)33-56/h5,8-9,14-15,17-19,21-24,28-30,33,35,41,47-49,54-55H,1,6-7,10-13,16,20,25-27,31-32H2,2-4H3/t35-,41+,47-,48+,49+,51+/m0/s1. The van der Waals surface area contributed by atoms with Crippen LogP contribution >= 0.6 is 0 Å². The molecule has 1 heterocycles. The number of rotatable bonds is 21. The fraction of sp³-hybridized carbons (Fsp3) is 0.431. The lowest BCUT2D eigenvalue weighted by molar-refractivity contribution is -0.256. The quantitative estimate of drug-likeness (QED) is 0.0360. The lowest BCUT2D eigenvalue weighted by Gasteiger charge is -2.59. The van der Waals surface area contributed by atoms with Crippen molar-refractivity contribution in [2.45, 2.75) is 83.1 Å². The second-order valence-electron chi connectivity index (χ2n) is 16.3. The Kier molecular flexibility index (Phi) is 15.2. The van der Waals surface area contributed by atoms with Crippen LogP contribution in [0.1, 0.15) is 86.2 Å². The van der Waals surface area contributed by atoms with E-state index in [4.69, 9.17) is 33.7 Å². The van der Waals surface area contributed by atoms with Gasteiger partial charge >= 0.3 is 6.09 Å². The monoisotopic (exact) mass is 860 g/mol. The third-order valence-corrected chi connectivity index (χ3v) is 12.6. The van der Waals surface area contributed by atoms with Crippen LogP contribution in [0.3, 0.4) is 0 Å². The maximum absolute atomic E-state index is 14.6. The first-order valence-corrected chi connectivity index (χ1v) is 22.3. The van der Waals surface area contributed by atoms with Gasteiger partial charge in [0.1, 0.15) is 35.6 Å². The van der Waals surface area contributed by atoms with Gasteiger partial charge in [-0.3, -0.25) is 9.69 Å². The Labute approximate surface area is 370 Å². The number of hydrogen-bond donors (Lipinski definition) is 2. The van der Waals surface area contributed by atoms with Crippen molar-refractivity contribution in [1.29, 1.82) is 0 Å². The summed E-state index contributed by atoms with van der Waals surface area (Å²) in [4.78, 5) is 34.2. The molecular formula is C51H60N2O10. The van der Waals surface area contributed by atoms with Crippen LogP contribution in [0.5, 0.6) is 23.0 Å². The van der Waals surface area contributed by atoms with Crippen LogP contribution in [0.15, 0.2) is 108 Å². The van der Waals surface area contributed by atoms with E-state index in [1.807, 2.05) is 49.4 Å². The molecule has 1 aliphatic heterocycles. The summed E-state index contributed by atoms with van der Waals surface area (Å²) in [5.74, 6) is -0.151. The Morgan fingerprint density at radius 3 is 2.46 bits per heavy atom. The van der Waals surface area contributed by atoms with Gasteiger partial charge in [0.2, 0.25) is 5.79 Å². The van der Waals surface area contributed by atoms with Gasteiger partial charge < -0.3 is 38.7 Å². The number of allylic oxidation sites excluding steroid dienone is 1.